The molecule has 5 heteroatoms. The maximum Gasteiger partial charge on any atom is 0.243 e. The van der Waals surface area contributed by atoms with E-state index in [1.54, 1.807) is 10.4 Å². The molecule has 0 amide bonds. The molecule has 0 radical (unpaired) electrons. The summed E-state index contributed by atoms with van der Waals surface area (Å²) in [7, 11) is -3.40. The Labute approximate surface area is 134 Å². The number of halogens is 1. The third-order valence-corrected chi connectivity index (χ3v) is 6.51. The summed E-state index contributed by atoms with van der Waals surface area (Å²) in [4.78, 5) is 0.431. The molecule has 2 aromatic carbocycles. The van der Waals surface area contributed by atoms with E-state index in [-0.39, 0.29) is 0 Å². The van der Waals surface area contributed by atoms with Crippen LogP contribution in [-0.4, -0.2) is 31.1 Å². The molecule has 21 heavy (non-hydrogen) atoms. The van der Waals surface area contributed by atoms with E-state index in [1.807, 2.05) is 36.4 Å². The maximum atomic E-state index is 12.9. The van der Waals surface area contributed by atoms with Gasteiger partial charge in [0.15, 0.2) is 0 Å². The van der Waals surface area contributed by atoms with Crippen LogP contribution in [0.25, 0.3) is 10.8 Å². The lowest BCUT2D eigenvalue weighted by Gasteiger charge is -2.18. The first-order valence-corrected chi connectivity index (χ1v) is 9.73. The van der Waals surface area contributed by atoms with Gasteiger partial charge in [0.1, 0.15) is 0 Å². The summed E-state index contributed by atoms with van der Waals surface area (Å²) >= 11 is 3.44. The minimum absolute atomic E-state index is 0.431. The van der Waals surface area contributed by atoms with Crippen LogP contribution in [0, 0.1) is 5.92 Å². The predicted octanol–water partition coefficient (Wildman–Crippen LogP) is 3.64. The standard InChI is InChI=1S/C16H18BrNO2S/c17-10-8-13-9-11-18(12-13)21(19,20)16-7-3-5-14-4-1-2-6-15(14)16/h1-7,13H,8-12H2. The Kier molecular flexibility index (Phi) is 4.33. The molecule has 1 fully saturated rings. The molecule has 0 N–H and O–H groups in total. The second-order valence-corrected chi connectivity index (χ2v) is 8.17. The van der Waals surface area contributed by atoms with Gasteiger partial charge in [-0.25, -0.2) is 8.42 Å². The zero-order valence-corrected chi connectivity index (χ0v) is 14.1. The van der Waals surface area contributed by atoms with E-state index in [9.17, 15) is 8.42 Å². The van der Waals surface area contributed by atoms with Crippen LogP contribution in [-0.2, 0) is 10.0 Å². The molecule has 1 aliphatic heterocycles. The third-order valence-electron chi connectivity index (χ3n) is 4.13. The van der Waals surface area contributed by atoms with Crippen LogP contribution in [0.3, 0.4) is 0 Å². The molecule has 1 unspecified atom stereocenters. The average molecular weight is 368 g/mol. The number of rotatable bonds is 4. The number of fused-ring (bicyclic) bond motifs is 1. The number of hydrogen-bond acceptors (Lipinski definition) is 2. The van der Waals surface area contributed by atoms with Crippen molar-refractivity contribution in [3.8, 4) is 0 Å². The zero-order chi connectivity index (χ0) is 14.9. The Hall–Kier alpha value is -0.910. The smallest absolute Gasteiger partial charge is 0.207 e. The van der Waals surface area contributed by atoms with Gasteiger partial charge in [0, 0.05) is 23.8 Å². The Morgan fingerprint density at radius 1 is 1.14 bits per heavy atom. The maximum absolute atomic E-state index is 12.9. The first-order valence-electron chi connectivity index (χ1n) is 7.17. The van der Waals surface area contributed by atoms with E-state index < -0.39 is 10.0 Å². The lowest BCUT2D eigenvalue weighted by Crippen LogP contribution is -2.29. The highest BCUT2D eigenvalue weighted by molar-refractivity contribution is 9.09. The first kappa shape index (κ1) is 15.0. The van der Waals surface area contributed by atoms with Crippen LogP contribution in [0.4, 0.5) is 0 Å². The number of nitrogens with zero attached hydrogens (tertiary/aromatic N) is 1. The third kappa shape index (κ3) is 2.87. The van der Waals surface area contributed by atoms with Gasteiger partial charge in [-0.2, -0.15) is 4.31 Å². The lowest BCUT2D eigenvalue weighted by atomic mass is 10.1. The fourth-order valence-electron chi connectivity index (χ4n) is 2.97. The molecular weight excluding hydrogens is 350 g/mol. The topological polar surface area (TPSA) is 37.4 Å². The van der Waals surface area contributed by atoms with E-state index in [2.05, 4.69) is 15.9 Å². The fourth-order valence-corrected chi connectivity index (χ4v) is 5.36. The molecular formula is C16H18BrNO2S. The van der Waals surface area contributed by atoms with Crippen LogP contribution < -0.4 is 0 Å². The Balaban J connectivity index is 1.98. The SMILES string of the molecule is O=S(=O)(c1cccc2ccccc12)N1CCC(CCBr)C1. The van der Waals surface area contributed by atoms with Gasteiger partial charge in [0.25, 0.3) is 0 Å². The second-order valence-electron chi connectivity index (χ2n) is 5.47. The molecule has 112 valence electrons. The molecule has 1 aliphatic rings. The van der Waals surface area contributed by atoms with Crippen LogP contribution in [0.5, 0.6) is 0 Å². The summed E-state index contributed by atoms with van der Waals surface area (Å²) in [5.41, 5.74) is 0. The molecule has 0 bridgehead atoms. The van der Waals surface area contributed by atoms with Gasteiger partial charge in [-0.1, -0.05) is 52.3 Å². The van der Waals surface area contributed by atoms with Gasteiger partial charge in [-0.05, 0) is 30.2 Å². The van der Waals surface area contributed by atoms with Gasteiger partial charge in [0.2, 0.25) is 10.0 Å². The molecule has 3 rings (SSSR count). The van der Waals surface area contributed by atoms with Crippen molar-refractivity contribution < 1.29 is 8.42 Å². The van der Waals surface area contributed by atoms with Crippen LogP contribution in [0.2, 0.25) is 0 Å². The van der Waals surface area contributed by atoms with Crippen molar-refractivity contribution >= 4 is 36.7 Å². The Morgan fingerprint density at radius 2 is 1.90 bits per heavy atom. The van der Waals surface area contributed by atoms with Crippen molar-refractivity contribution in [1.29, 1.82) is 0 Å². The molecule has 1 saturated heterocycles. The molecule has 0 spiro atoms. The Bertz CT molecular complexity index is 740. The molecule has 1 atom stereocenters. The molecule has 0 aliphatic carbocycles. The minimum atomic E-state index is -3.40. The summed E-state index contributed by atoms with van der Waals surface area (Å²) in [6.45, 7) is 1.26. The van der Waals surface area contributed by atoms with Crippen molar-refractivity contribution in [2.75, 3.05) is 18.4 Å². The highest BCUT2D eigenvalue weighted by atomic mass is 79.9. The summed E-state index contributed by atoms with van der Waals surface area (Å²) in [5.74, 6) is 0.467. The quantitative estimate of drug-likeness (QED) is 0.773. The fraction of sp³-hybridized carbons (Fsp3) is 0.375. The van der Waals surface area contributed by atoms with Gasteiger partial charge < -0.3 is 0 Å². The highest BCUT2D eigenvalue weighted by Gasteiger charge is 2.32. The van der Waals surface area contributed by atoms with E-state index in [0.29, 0.717) is 23.9 Å². The number of benzene rings is 2. The van der Waals surface area contributed by atoms with E-state index >= 15 is 0 Å². The lowest BCUT2D eigenvalue weighted by molar-refractivity contribution is 0.455. The molecule has 0 saturated carbocycles. The molecule has 2 aromatic rings. The van der Waals surface area contributed by atoms with E-state index in [1.165, 1.54) is 0 Å². The average Bonchev–Trinajstić information content (AvgIpc) is 2.96. The van der Waals surface area contributed by atoms with Crippen LogP contribution >= 0.6 is 15.9 Å². The van der Waals surface area contributed by atoms with E-state index in [4.69, 9.17) is 0 Å². The van der Waals surface area contributed by atoms with Crippen molar-refractivity contribution in [2.45, 2.75) is 17.7 Å². The monoisotopic (exact) mass is 367 g/mol. The number of hydrogen-bond donors (Lipinski definition) is 0. The zero-order valence-electron chi connectivity index (χ0n) is 11.7. The summed E-state index contributed by atoms with van der Waals surface area (Å²) in [6, 6.07) is 13.1. The van der Waals surface area contributed by atoms with Crippen LogP contribution in [0.15, 0.2) is 47.4 Å². The van der Waals surface area contributed by atoms with E-state index in [0.717, 1.165) is 28.9 Å². The van der Waals surface area contributed by atoms with Crippen LogP contribution in [0.1, 0.15) is 12.8 Å². The Morgan fingerprint density at radius 3 is 2.71 bits per heavy atom. The number of alkyl halides is 1. The molecule has 3 nitrogen and oxygen atoms in total. The summed E-state index contributed by atoms with van der Waals surface area (Å²) in [5, 5.41) is 2.71. The van der Waals surface area contributed by atoms with Crippen molar-refractivity contribution in [3.05, 3.63) is 42.5 Å². The molecule has 0 aromatic heterocycles. The van der Waals surface area contributed by atoms with Gasteiger partial charge in [-0.15, -0.1) is 0 Å². The highest BCUT2D eigenvalue weighted by Crippen LogP contribution is 2.30. The van der Waals surface area contributed by atoms with Crippen molar-refractivity contribution in [1.82, 2.24) is 4.31 Å². The second kappa shape index (κ2) is 6.07. The normalized spacial score (nSPS) is 20.1. The number of sulfonamides is 1. The summed E-state index contributed by atoms with van der Waals surface area (Å²) in [6.07, 6.45) is 1.98. The van der Waals surface area contributed by atoms with Gasteiger partial charge in [-0.3, -0.25) is 0 Å². The minimum Gasteiger partial charge on any atom is -0.207 e. The van der Waals surface area contributed by atoms with Crippen molar-refractivity contribution in [2.24, 2.45) is 5.92 Å². The van der Waals surface area contributed by atoms with Gasteiger partial charge in [0.05, 0.1) is 4.90 Å². The largest absolute Gasteiger partial charge is 0.243 e. The first-order chi connectivity index (χ1) is 10.1. The van der Waals surface area contributed by atoms with Gasteiger partial charge >= 0.3 is 0 Å². The predicted molar refractivity (Wildman–Crippen MR) is 89.2 cm³/mol. The summed E-state index contributed by atoms with van der Waals surface area (Å²) < 4.78 is 27.5. The van der Waals surface area contributed by atoms with Crippen molar-refractivity contribution in [3.63, 3.8) is 0 Å². The molecule has 1 heterocycles.